The fourth-order valence-corrected chi connectivity index (χ4v) is 4.38. The van der Waals surface area contributed by atoms with Crippen LogP contribution in [0.4, 0.5) is 5.69 Å². The van der Waals surface area contributed by atoms with Crippen molar-refractivity contribution in [2.45, 2.75) is 38.1 Å². The van der Waals surface area contributed by atoms with Gasteiger partial charge in [-0.05, 0) is 62.4 Å². The summed E-state index contributed by atoms with van der Waals surface area (Å²) in [5.41, 5.74) is 3.66. The van der Waals surface area contributed by atoms with Crippen molar-refractivity contribution >= 4 is 11.6 Å². The number of carbonyl (C=O) groups excluding carboxylic acids is 1. The number of rotatable bonds is 6. The summed E-state index contributed by atoms with van der Waals surface area (Å²) in [7, 11) is 0. The Balaban J connectivity index is 1.17. The van der Waals surface area contributed by atoms with Crippen LogP contribution in [0, 0.1) is 0 Å². The van der Waals surface area contributed by atoms with Gasteiger partial charge in [0.15, 0.2) is 0 Å². The van der Waals surface area contributed by atoms with Gasteiger partial charge in [-0.15, -0.1) is 0 Å². The molecule has 1 amide bonds. The van der Waals surface area contributed by atoms with E-state index in [0.717, 1.165) is 51.0 Å². The smallest absolute Gasteiger partial charge is 0.253 e. The first-order valence-electron chi connectivity index (χ1n) is 10.6. The Labute approximate surface area is 167 Å². The zero-order valence-corrected chi connectivity index (χ0v) is 16.5. The molecule has 28 heavy (non-hydrogen) atoms. The van der Waals surface area contributed by atoms with Gasteiger partial charge in [0.25, 0.3) is 5.91 Å². The standard InChI is InChI=1S/C23H30N4O/c28-23(20-8-13-24-14-9-20)27-17-10-21(11-18-27)25-12-4-16-26-15-3-6-19-5-1-2-7-22(19)26/h1-2,5,7-9,13-14,21,25H,3-4,6,10-12,15-18H2. The van der Waals surface area contributed by atoms with Gasteiger partial charge in [0.05, 0.1) is 0 Å². The Morgan fingerprint density at radius 1 is 1.07 bits per heavy atom. The number of benzene rings is 1. The minimum absolute atomic E-state index is 0.129. The highest BCUT2D eigenvalue weighted by Crippen LogP contribution is 2.26. The second-order valence-electron chi connectivity index (χ2n) is 7.83. The molecule has 0 bridgehead atoms. The highest BCUT2D eigenvalue weighted by molar-refractivity contribution is 5.94. The fourth-order valence-electron chi connectivity index (χ4n) is 4.38. The van der Waals surface area contributed by atoms with Crippen molar-refractivity contribution < 1.29 is 4.79 Å². The van der Waals surface area contributed by atoms with Crippen LogP contribution >= 0.6 is 0 Å². The van der Waals surface area contributed by atoms with E-state index in [2.05, 4.69) is 39.5 Å². The van der Waals surface area contributed by atoms with Gasteiger partial charge in [0, 0.05) is 55.9 Å². The zero-order valence-electron chi connectivity index (χ0n) is 16.5. The van der Waals surface area contributed by atoms with Gasteiger partial charge < -0.3 is 15.1 Å². The van der Waals surface area contributed by atoms with Crippen LogP contribution in [0.25, 0.3) is 0 Å². The molecule has 3 heterocycles. The summed E-state index contributed by atoms with van der Waals surface area (Å²) >= 11 is 0. The monoisotopic (exact) mass is 378 g/mol. The lowest BCUT2D eigenvalue weighted by Crippen LogP contribution is -2.45. The Morgan fingerprint density at radius 3 is 2.68 bits per heavy atom. The molecule has 1 aromatic carbocycles. The SMILES string of the molecule is O=C(c1ccncc1)N1CCC(NCCCN2CCCc3ccccc32)CC1. The molecule has 0 spiro atoms. The number of amides is 1. The summed E-state index contributed by atoms with van der Waals surface area (Å²) in [6.07, 6.45) is 9.05. The predicted molar refractivity (Wildman–Crippen MR) is 113 cm³/mol. The van der Waals surface area contributed by atoms with Crippen molar-refractivity contribution in [3.8, 4) is 0 Å². The van der Waals surface area contributed by atoms with Crippen molar-refractivity contribution in [1.82, 2.24) is 15.2 Å². The van der Waals surface area contributed by atoms with E-state index in [4.69, 9.17) is 0 Å². The third kappa shape index (κ3) is 4.53. The zero-order chi connectivity index (χ0) is 19.2. The lowest BCUT2D eigenvalue weighted by Gasteiger charge is -2.33. The van der Waals surface area contributed by atoms with Crippen molar-refractivity contribution in [3.63, 3.8) is 0 Å². The molecule has 1 N–H and O–H groups in total. The number of piperidine rings is 1. The molecule has 148 valence electrons. The molecule has 0 radical (unpaired) electrons. The molecular formula is C23H30N4O. The van der Waals surface area contributed by atoms with Gasteiger partial charge in [-0.2, -0.15) is 0 Å². The first-order chi connectivity index (χ1) is 13.8. The maximum Gasteiger partial charge on any atom is 0.253 e. The molecule has 0 atom stereocenters. The third-order valence-corrected chi connectivity index (χ3v) is 5.95. The molecular weight excluding hydrogens is 348 g/mol. The molecule has 2 aliphatic heterocycles. The third-order valence-electron chi connectivity index (χ3n) is 5.95. The largest absolute Gasteiger partial charge is 0.371 e. The Bertz CT molecular complexity index is 771. The first-order valence-corrected chi connectivity index (χ1v) is 10.6. The minimum Gasteiger partial charge on any atom is -0.371 e. The number of likely N-dealkylation sites (tertiary alicyclic amines) is 1. The van der Waals surface area contributed by atoms with Gasteiger partial charge in [-0.25, -0.2) is 0 Å². The quantitative estimate of drug-likeness (QED) is 0.785. The highest BCUT2D eigenvalue weighted by atomic mass is 16.2. The maximum atomic E-state index is 12.5. The Morgan fingerprint density at radius 2 is 1.86 bits per heavy atom. The molecule has 0 aliphatic carbocycles. The first kappa shape index (κ1) is 18.9. The molecule has 4 rings (SSSR count). The van der Waals surface area contributed by atoms with Crippen LogP contribution in [0.15, 0.2) is 48.8 Å². The highest BCUT2D eigenvalue weighted by Gasteiger charge is 2.23. The van der Waals surface area contributed by atoms with Crippen LogP contribution in [0.2, 0.25) is 0 Å². The normalized spacial score (nSPS) is 17.4. The van der Waals surface area contributed by atoms with E-state index < -0.39 is 0 Å². The number of nitrogens with one attached hydrogen (secondary N) is 1. The van der Waals surface area contributed by atoms with Crippen molar-refractivity contribution in [2.24, 2.45) is 0 Å². The lowest BCUT2D eigenvalue weighted by atomic mass is 10.0. The van der Waals surface area contributed by atoms with Gasteiger partial charge in [0.1, 0.15) is 0 Å². The van der Waals surface area contributed by atoms with E-state index in [1.165, 1.54) is 30.6 Å². The van der Waals surface area contributed by atoms with Crippen LogP contribution in [0.5, 0.6) is 0 Å². The van der Waals surface area contributed by atoms with Crippen LogP contribution in [-0.2, 0) is 6.42 Å². The van der Waals surface area contributed by atoms with E-state index >= 15 is 0 Å². The van der Waals surface area contributed by atoms with Crippen molar-refractivity contribution in [1.29, 1.82) is 0 Å². The average Bonchev–Trinajstić information content (AvgIpc) is 2.77. The molecule has 0 saturated carbocycles. The minimum atomic E-state index is 0.129. The molecule has 1 fully saturated rings. The number of pyridine rings is 1. The number of aromatic nitrogens is 1. The number of para-hydroxylation sites is 1. The summed E-state index contributed by atoms with van der Waals surface area (Å²) in [5, 5.41) is 3.71. The molecule has 0 unspecified atom stereocenters. The second kappa shape index (κ2) is 9.20. The number of hydrogen-bond acceptors (Lipinski definition) is 4. The Hall–Kier alpha value is -2.40. The summed E-state index contributed by atoms with van der Waals surface area (Å²) in [4.78, 5) is 21.0. The molecule has 5 heteroatoms. The van der Waals surface area contributed by atoms with E-state index in [1.54, 1.807) is 24.5 Å². The summed E-state index contributed by atoms with van der Waals surface area (Å²) in [6.45, 7) is 4.99. The number of carbonyl (C=O) groups is 1. The molecule has 1 aromatic heterocycles. The van der Waals surface area contributed by atoms with Gasteiger partial charge in [0.2, 0.25) is 0 Å². The van der Waals surface area contributed by atoms with Crippen molar-refractivity contribution in [2.75, 3.05) is 37.6 Å². The predicted octanol–water partition coefficient (Wildman–Crippen LogP) is 3.12. The van der Waals surface area contributed by atoms with Crippen LogP contribution in [0.1, 0.15) is 41.6 Å². The number of hydrogen-bond donors (Lipinski definition) is 1. The second-order valence-corrected chi connectivity index (χ2v) is 7.83. The van der Waals surface area contributed by atoms with Gasteiger partial charge in [-0.1, -0.05) is 18.2 Å². The van der Waals surface area contributed by atoms with Gasteiger partial charge in [-0.3, -0.25) is 9.78 Å². The number of nitrogens with zero attached hydrogens (tertiary/aromatic N) is 3. The maximum absolute atomic E-state index is 12.5. The van der Waals surface area contributed by atoms with E-state index in [9.17, 15) is 4.79 Å². The fraction of sp³-hybridized carbons (Fsp3) is 0.478. The number of fused-ring (bicyclic) bond motifs is 1. The van der Waals surface area contributed by atoms with E-state index in [0.29, 0.717) is 6.04 Å². The number of aryl methyl sites for hydroxylation is 1. The van der Waals surface area contributed by atoms with Crippen LogP contribution in [0.3, 0.4) is 0 Å². The van der Waals surface area contributed by atoms with E-state index in [1.807, 2.05) is 4.90 Å². The topological polar surface area (TPSA) is 48.5 Å². The molecule has 1 saturated heterocycles. The Kier molecular flexibility index (Phi) is 6.22. The summed E-state index contributed by atoms with van der Waals surface area (Å²) < 4.78 is 0. The van der Waals surface area contributed by atoms with Gasteiger partial charge >= 0.3 is 0 Å². The summed E-state index contributed by atoms with van der Waals surface area (Å²) in [6, 6.07) is 12.9. The summed E-state index contributed by atoms with van der Waals surface area (Å²) in [5.74, 6) is 0.129. The van der Waals surface area contributed by atoms with E-state index in [-0.39, 0.29) is 5.91 Å². The average molecular weight is 379 g/mol. The van der Waals surface area contributed by atoms with Crippen molar-refractivity contribution in [3.05, 3.63) is 59.9 Å². The molecule has 2 aromatic rings. The van der Waals surface area contributed by atoms with Crippen LogP contribution in [-0.4, -0.2) is 54.6 Å². The number of anilines is 1. The van der Waals surface area contributed by atoms with Crippen LogP contribution < -0.4 is 10.2 Å². The molecule has 2 aliphatic rings. The lowest BCUT2D eigenvalue weighted by molar-refractivity contribution is 0.0705. The molecule has 5 nitrogen and oxygen atoms in total.